The zero-order valence-electron chi connectivity index (χ0n) is 22.3. The van der Waals surface area contributed by atoms with E-state index in [1.807, 2.05) is 0 Å². The number of nitrogens with one attached hydrogen (secondary N) is 1. The molecule has 0 radical (unpaired) electrons. The summed E-state index contributed by atoms with van der Waals surface area (Å²) < 4.78 is 7.77. The molecule has 2 aromatic heterocycles. The van der Waals surface area contributed by atoms with Crippen LogP contribution in [0.2, 0.25) is 0 Å². The Kier molecular flexibility index (Phi) is 7.17. The Balaban J connectivity index is 1.65. The van der Waals surface area contributed by atoms with Crippen LogP contribution >= 0.6 is 0 Å². The molecule has 2 aliphatic carbocycles. The molecular weight excluding hydrogens is 432 g/mol. The van der Waals surface area contributed by atoms with Crippen LogP contribution in [-0.4, -0.2) is 49.4 Å². The molecule has 0 unspecified atom stereocenters. The molecule has 5 heteroatoms. The van der Waals surface area contributed by atoms with Crippen molar-refractivity contribution in [2.45, 2.75) is 66.2 Å². The summed E-state index contributed by atoms with van der Waals surface area (Å²) >= 11 is 0. The van der Waals surface area contributed by atoms with Gasteiger partial charge in [-0.25, -0.2) is 4.98 Å². The van der Waals surface area contributed by atoms with Gasteiger partial charge in [0.2, 0.25) is 0 Å². The van der Waals surface area contributed by atoms with E-state index >= 15 is 0 Å². The van der Waals surface area contributed by atoms with Crippen LogP contribution in [0.1, 0.15) is 59.3 Å². The predicted octanol–water partition coefficient (Wildman–Crippen LogP) is 5.59. The molecule has 0 saturated heterocycles. The van der Waals surface area contributed by atoms with E-state index in [-0.39, 0.29) is 0 Å². The molecule has 35 heavy (non-hydrogen) atoms. The molecule has 0 aliphatic heterocycles. The van der Waals surface area contributed by atoms with Crippen molar-refractivity contribution in [1.29, 1.82) is 0 Å². The number of benzene rings is 1. The first-order valence-electron chi connectivity index (χ1n) is 13.5. The van der Waals surface area contributed by atoms with Crippen molar-refractivity contribution in [1.82, 2.24) is 14.9 Å². The number of anilines is 1. The summed E-state index contributed by atoms with van der Waals surface area (Å²) in [6.45, 7) is 13.7. The van der Waals surface area contributed by atoms with Gasteiger partial charge in [0.05, 0.1) is 12.3 Å². The average Bonchev–Trinajstić information content (AvgIpc) is 3.58. The summed E-state index contributed by atoms with van der Waals surface area (Å²) in [5.74, 6) is 0.831. The Morgan fingerprint density at radius 1 is 1.03 bits per heavy atom. The molecule has 2 aliphatic rings. The van der Waals surface area contributed by atoms with Crippen LogP contribution in [0.25, 0.3) is 16.7 Å². The summed E-state index contributed by atoms with van der Waals surface area (Å²) in [6.07, 6.45) is 7.55. The van der Waals surface area contributed by atoms with Crippen molar-refractivity contribution in [3.8, 4) is 5.69 Å². The highest BCUT2D eigenvalue weighted by atomic mass is 16.5. The molecule has 0 spiro atoms. The van der Waals surface area contributed by atoms with E-state index in [1.165, 1.54) is 64.8 Å². The Hall–Kier alpha value is -2.37. The van der Waals surface area contributed by atoms with Gasteiger partial charge in [0.1, 0.15) is 5.65 Å². The minimum absolute atomic E-state index is 0.757. The number of pyridine rings is 1. The van der Waals surface area contributed by atoms with Crippen LogP contribution in [-0.2, 0) is 17.6 Å². The third-order valence-corrected chi connectivity index (χ3v) is 7.75. The number of aryl methyl sites for hydroxylation is 5. The van der Waals surface area contributed by atoms with E-state index in [4.69, 9.17) is 9.72 Å². The summed E-state index contributed by atoms with van der Waals surface area (Å²) in [5.41, 5.74) is 12.1. The smallest absolute Gasteiger partial charge is 0.147 e. The molecule has 188 valence electrons. The summed E-state index contributed by atoms with van der Waals surface area (Å²) in [4.78, 5) is 7.88. The van der Waals surface area contributed by atoms with Crippen LogP contribution in [0.15, 0.2) is 18.2 Å². The van der Waals surface area contributed by atoms with E-state index in [0.29, 0.717) is 0 Å². The van der Waals surface area contributed by atoms with Gasteiger partial charge in [-0.1, -0.05) is 17.7 Å². The molecule has 3 aromatic rings. The Morgan fingerprint density at radius 2 is 1.77 bits per heavy atom. The zero-order valence-corrected chi connectivity index (χ0v) is 22.3. The highest BCUT2D eigenvalue weighted by Gasteiger charge is 2.30. The normalized spacial score (nSPS) is 15.6. The van der Waals surface area contributed by atoms with Crippen molar-refractivity contribution in [2.75, 3.05) is 44.8 Å². The lowest BCUT2D eigenvalue weighted by Gasteiger charge is -2.27. The first-order chi connectivity index (χ1) is 17.0. The summed E-state index contributed by atoms with van der Waals surface area (Å²) in [6, 6.07) is 7.00. The average molecular weight is 475 g/mol. The van der Waals surface area contributed by atoms with Gasteiger partial charge in [-0.15, -0.1) is 0 Å². The van der Waals surface area contributed by atoms with E-state index in [9.17, 15) is 0 Å². The van der Waals surface area contributed by atoms with E-state index < -0.39 is 0 Å². The monoisotopic (exact) mass is 474 g/mol. The van der Waals surface area contributed by atoms with Crippen molar-refractivity contribution in [3.05, 3.63) is 51.8 Å². The van der Waals surface area contributed by atoms with E-state index in [1.54, 1.807) is 12.7 Å². The van der Waals surface area contributed by atoms with Crippen LogP contribution in [0.5, 0.6) is 0 Å². The Labute approximate surface area is 210 Å². The largest absolute Gasteiger partial charge is 0.383 e. The number of ether oxygens (including phenoxy) is 1. The molecule has 1 aromatic carbocycles. The highest BCUT2D eigenvalue weighted by Crippen LogP contribution is 2.41. The maximum Gasteiger partial charge on any atom is 0.147 e. The van der Waals surface area contributed by atoms with Crippen LogP contribution in [0.3, 0.4) is 0 Å². The topological polar surface area (TPSA) is 42.3 Å². The lowest BCUT2D eigenvalue weighted by Crippen LogP contribution is -2.35. The standard InChI is InChI=1S/C30H42N4O/c1-20-16-21(2)29(22(3)17-20)34-26-9-7-6-8-25(26)28-27(18-23(4)32-30(28)34)33(19-24-10-11-24)14-12-31-13-15-35-5/h16-18,24,31H,6-15,19H2,1-5H3. The van der Waals surface area contributed by atoms with Gasteiger partial charge in [0.15, 0.2) is 0 Å². The van der Waals surface area contributed by atoms with E-state index in [0.717, 1.165) is 62.9 Å². The third kappa shape index (κ3) is 4.99. The van der Waals surface area contributed by atoms with Crippen molar-refractivity contribution < 1.29 is 4.74 Å². The fourth-order valence-corrected chi connectivity index (χ4v) is 6.08. The minimum atomic E-state index is 0.757. The number of aromatic nitrogens is 2. The fourth-order valence-electron chi connectivity index (χ4n) is 6.08. The number of hydrogen-bond donors (Lipinski definition) is 1. The molecule has 2 heterocycles. The van der Waals surface area contributed by atoms with Gasteiger partial charge in [0.25, 0.3) is 0 Å². The second-order valence-corrected chi connectivity index (χ2v) is 10.8. The first-order valence-corrected chi connectivity index (χ1v) is 13.5. The van der Waals surface area contributed by atoms with Crippen LogP contribution in [0, 0.1) is 33.6 Å². The highest BCUT2D eigenvalue weighted by molar-refractivity contribution is 5.96. The number of fused-ring (bicyclic) bond motifs is 3. The fraction of sp³-hybridized carbons (Fsp3) is 0.567. The maximum absolute atomic E-state index is 5.23. The molecule has 1 N–H and O–H groups in total. The molecule has 1 saturated carbocycles. The van der Waals surface area contributed by atoms with Crippen LogP contribution in [0.4, 0.5) is 5.69 Å². The van der Waals surface area contributed by atoms with Gasteiger partial charge in [0, 0.05) is 55.8 Å². The second kappa shape index (κ2) is 10.3. The first kappa shape index (κ1) is 24.3. The summed E-state index contributed by atoms with van der Waals surface area (Å²) in [7, 11) is 1.77. The summed E-state index contributed by atoms with van der Waals surface area (Å²) in [5, 5.41) is 4.97. The number of methoxy groups -OCH3 is 1. The van der Waals surface area contributed by atoms with Gasteiger partial charge in [-0.05, 0) is 94.9 Å². The molecule has 0 atom stereocenters. The number of nitrogens with zero attached hydrogens (tertiary/aromatic N) is 3. The van der Waals surface area contributed by atoms with Gasteiger partial charge in [-0.3, -0.25) is 4.57 Å². The van der Waals surface area contributed by atoms with Crippen molar-refractivity contribution in [2.24, 2.45) is 5.92 Å². The lowest BCUT2D eigenvalue weighted by molar-refractivity contribution is 0.199. The number of hydrogen-bond acceptors (Lipinski definition) is 4. The van der Waals surface area contributed by atoms with Crippen molar-refractivity contribution >= 4 is 16.7 Å². The lowest BCUT2D eigenvalue weighted by atomic mass is 9.94. The predicted molar refractivity (Wildman–Crippen MR) is 146 cm³/mol. The molecule has 0 bridgehead atoms. The minimum Gasteiger partial charge on any atom is -0.383 e. The molecule has 0 amide bonds. The Morgan fingerprint density at radius 3 is 2.49 bits per heavy atom. The Bertz CT molecular complexity index is 1180. The van der Waals surface area contributed by atoms with Gasteiger partial charge >= 0.3 is 0 Å². The molecular formula is C30H42N4O. The van der Waals surface area contributed by atoms with Gasteiger partial charge in [-0.2, -0.15) is 0 Å². The molecule has 1 fully saturated rings. The maximum atomic E-state index is 5.23. The number of rotatable bonds is 10. The van der Waals surface area contributed by atoms with Gasteiger partial charge < -0.3 is 15.0 Å². The molecule has 5 nitrogen and oxygen atoms in total. The van der Waals surface area contributed by atoms with Crippen molar-refractivity contribution in [3.63, 3.8) is 0 Å². The second-order valence-electron chi connectivity index (χ2n) is 10.8. The zero-order chi connectivity index (χ0) is 24.5. The third-order valence-electron chi connectivity index (χ3n) is 7.75. The molecule has 5 rings (SSSR count). The quantitative estimate of drug-likeness (QED) is 0.389. The van der Waals surface area contributed by atoms with E-state index in [2.05, 4.69) is 60.7 Å². The SMILES string of the molecule is COCCNCCN(CC1CC1)c1cc(C)nc2c1c1c(n2-c2c(C)cc(C)cc2C)CCCC1. The van der Waals surface area contributed by atoms with Crippen LogP contribution < -0.4 is 10.2 Å².